The third kappa shape index (κ3) is 3.21. The quantitative estimate of drug-likeness (QED) is 0.848. The lowest BCUT2D eigenvalue weighted by Gasteiger charge is -2.20. The molecule has 0 saturated heterocycles. The zero-order chi connectivity index (χ0) is 15.4. The van der Waals surface area contributed by atoms with Crippen LogP contribution in [-0.2, 0) is 13.1 Å². The van der Waals surface area contributed by atoms with Gasteiger partial charge in [0.05, 0.1) is 11.6 Å². The van der Waals surface area contributed by atoms with E-state index in [4.69, 9.17) is 14.7 Å². The maximum atomic E-state index is 8.85. The second-order valence-corrected chi connectivity index (χ2v) is 5.30. The highest BCUT2D eigenvalue weighted by atomic mass is 16.7. The van der Waals surface area contributed by atoms with Crippen LogP contribution in [0.25, 0.3) is 0 Å². The fraction of sp³-hybridized carbons (Fsp3) is 0.278. The largest absolute Gasteiger partial charge is 0.454 e. The number of fused-ring (bicyclic) bond motifs is 1. The average Bonchev–Trinajstić information content (AvgIpc) is 3.02. The smallest absolute Gasteiger partial charge is 0.231 e. The molecule has 0 N–H and O–H groups in total. The van der Waals surface area contributed by atoms with Gasteiger partial charge in [0.2, 0.25) is 6.79 Å². The highest BCUT2D eigenvalue weighted by Crippen LogP contribution is 2.32. The Morgan fingerprint density at radius 1 is 1.00 bits per heavy atom. The van der Waals surface area contributed by atoms with Gasteiger partial charge in [-0.1, -0.05) is 25.1 Å². The second kappa shape index (κ2) is 6.50. The van der Waals surface area contributed by atoms with Crippen molar-refractivity contribution in [2.75, 3.05) is 13.3 Å². The van der Waals surface area contributed by atoms with Crippen LogP contribution in [0.15, 0.2) is 42.5 Å². The molecular formula is C18H18N2O2. The van der Waals surface area contributed by atoms with Crippen LogP contribution in [0.5, 0.6) is 11.5 Å². The van der Waals surface area contributed by atoms with E-state index >= 15 is 0 Å². The molecule has 0 unspecified atom stereocenters. The van der Waals surface area contributed by atoms with Crippen LogP contribution in [0.3, 0.4) is 0 Å². The van der Waals surface area contributed by atoms with Crippen LogP contribution in [0.4, 0.5) is 0 Å². The molecule has 2 aromatic rings. The van der Waals surface area contributed by atoms with E-state index in [1.54, 1.807) is 0 Å². The average molecular weight is 294 g/mol. The minimum absolute atomic E-state index is 0.307. The van der Waals surface area contributed by atoms with Crippen LogP contribution in [0.2, 0.25) is 0 Å². The summed E-state index contributed by atoms with van der Waals surface area (Å²) in [5.41, 5.74) is 3.11. The molecule has 3 rings (SSSR count). The van der Waals surface area contributed by atoms with E-state index in [-0.39, 0.29) is 0 Å². The van der Waals surface area contributed by atoms with Crippen molar-refractivity contribution in [3.8, 4) is 17.6 Å². The van der Waals surface area contributed by atoms with Gasteiger partial charge in [-0.15, -0.1) is 0 Å². The van der Waals surface area contributed by atoms with Crippen LogP contribution >= 0.6 is 0 Å². The maximum Gasteiger partial charge on any atom is 0.231 e. The van der Waals surface area contributed by atoms with Crippen molar-refractivity contribution in [2.24, 2.45) is 0 Å². The van der Waals surface area contributed by atoms with Gasteiger partial charge < -0.3 is 9.47 Å². The first-order valence-corrected chi connectivity index (χ1v) is 7.38. The van der Waals surface area contributed by atoms with E-state index < -0.39 is 0 Å². The fourth-order valence-corrected chi connectivity index (χ4v) is 2.52. The molecular weight excluding hydrogens is 276 g/mol. The van der Waals surface area contributed by atoms with Crippen LogP contribution < -0.4 is 9.47 Å². The molecule has 0 aromatic heterocycles. The minimum atomic E-state index is 0.307. The Labute approximate surface area is 130 Å². The first-order chi connectivity index (χ1) is 10.8. The Morgan fingerprint density at radius 3 is 2.41 bits per heavy atom. The standard InChI is InChI=1S/C18H18N2O2/c1-2-20(11-15-5-3-14(10-19)4-6-15)12-16-7-8-17-18(9-16)22-13-21-17/h3-9H,2,11-13H2,1H3. The van der Waals surface area contributed by atoms with Crippen molar-refractivity contribution in [1.29, 1.82) is 5.26 Å². The molecule has 4 nitrogen and oxygen atoms in total. The number of hydrogen-bond donors (Lipinski definition) is 0. The lowest BCUT2D eigenvalue weighted by atomic mass is 10.1. The summed E-state index contributed by atoms with van der Waals surface area (Å²) in [5.74, 6) is 1.64. The van der Waals surface area contributed by atoms with E-state index in [2.05, 4.69) is 24.0 Å². The summed E-state index contributed by atoms with van der Waals surface area (Å²) < 4.78 is 10.8. The number of benzene rings is 2. The molecule has 4 heteroatoms. The topological polar surface area (TPSA) is 45.5 Å². The Hall–Kier alpha value is -2.51. The van der Waals surface area contributed by atoms with Gasteiger partial charge in [-0.2, -0.15) is 5.26 Å². The number of nitriles is 1. The van der Waals surface area contributed by atoms with Crippen molar-refractivity contribution in [2.45, 2.75) is 20.0 Å². The van der Waals surface area contributed by atoms with Crippen molar-refractivity contribution < 1.29 is 9.47 Å². The van der Waals surface area contributed by atoms with Gasteiger partial charge in [0.15, 0.2) is 11.5 Å². The molecule has 2 aromatic carbocycles. The summed E-state index contributed by atoms with van der Waals surface area (Å²) in [5, 5.41) is 8.85. The van der Waals surface area contributed by atoms with E-state index in [1.165, 1.54) is 11.1 Å². The third-order valence-electron chi connectivity index (χ3n) is 3.78. The molecule has 1 heterocycles. The Balaban J connectivity index is 1.67. The molecule has 112 valence electrons. The summed E-state index contributed by atoms with van der Waals surface area (Å²) >= 11 is 0. The predicted octanol–water partition coefficient (Wildman–Crippen LogP) is 3.31. The van der Waals surface area contributed by atoms with Crippen molar-refractivity contribution in [1.82, 2.24) is 4.90 Å². The molecule has 0 saturated carbocycles. The molecule has 0 bridgehead atoms. The van der Waals surface area contributed by atoms with Crippen molar-refractivity contribution in [3.05, 3.63) is 59.2 Å². The maximum absolute atomic E-state index is 8.85. The molecule has 22 heavy (non-hydrogen) atoms. The highest BCUT2D eigenvalue weighted by molar-refractivity contribution is 5.44. The van der Waals surface area contributed by atoms with E-state index in [1.807, 2.05) is 36.4 Å². The van der Waals surface area contributed by atoms with Gasteiger partial charge >= 0.3 is 0 Å². The highest BCUT2D eigenvalue weighted by Gasteiger charge is 2.14. The van der Waals surface area contributed by atoms with E-state index in [0.717, 1.165) is 31.1 Å². The molecule has 0 radical (unpaired) electrons. The fourth-order valence-electron chi connectivity index (χ4n) is 2.52. The van der Waals surface area contributed by atoms with Gasteiger partial charge in [0.1, 0.15) is 0 Å². The normalized spacial score (nSPS) is 12.4. The van der Waals surface area contributed by atoms with E-state index in [9.17, 15) is 0 Å². The molecule has 0 spiro atoms. The lowest BCUT2D eigenvalue weighted by Crippen LogP contribution is -2.22. The minimum Gasteiger partial charge on any atom is -0.454 e. The van der Waals surface area contributed by atoms with Gasteiger partial charge in [-0.3, -0.25) is 4.90 Å². The molecule has 0 amide bonds. The van der Waals surface area contributed by atoms with Gasteiger partial charge in [0.25, 0.3) is 0 Å². The molecule has 0 fully saturated rings. The number of nitrogens with zero attached hydrogens (tertiary/aromatic N) is 2. The van der Waals surface area contributed by atoms with Gasteiger partial charge in [0, 0.05) is 13.1 Å². The van der Waals surface area contributed by atoms with E-state index in [0.29, 0.717) is 12.4 Å². The lowest BCUT2D eigenvalue weighted by molar-refractivity contribution is 0.174. The van der Waals surface area contributed by atoms with Crippen molar-refractivity contribution in [3.63, 3.8) is 0 Å². The van der Waals surface area contributed by atoms with Crippen molar-refractivity contribution >= 4 is 0 Å². The van der Waals surface area contributed by atoms with Crippen LogP contribution in [-0.4, -0.2) is 18.2 Å². The monoisotopic (exact) mass is 294 g/mol. The summed E-state index contributed by atoms with van der Waals surface area (Å²) in [6.07, 6.45) is 0. The number of ether oxygens (including phenoxy) is 2. The Kier molecular flexibility index (Phi) is 4.27. The summed E-state index contributed by atoms with van der Waals surface area (Å²) in [6, 6.07) is 16.0. The molecule has 1 aliphatic heterocycles. The zero-order valence-electron chi connectivity index (χ0n) is 12.6. The van der Waals surface area contributed by atoms with Gasteiger partial charge in [-0.05, 0) is 41.9 Å². The Bertz CT molecular complexity index is 689. The third-order valence-corrected chi connectivity index (χ3v) is 3.78. The molecule has 1 aliphatic rings. The number of rotatable bonds is 5. The summed E-state index contributed by atoms with van der Waals surface area (Å²) in [4.78, 5) is 2.35. The second-order valence-electron chi connectivity index (χ2n) is 5.30. The Morgan fingerprint density at radius 2 is 1.68 bits per heavy atom. The summed E-state index contributed by atoms with van der Waals surface area (Å²) in [6.45, 7) is 5.12. The first-order valence-electron chi connectivity index (χ1n) is 7.38. The molecule has 0 aliphatic carbocycles. The molecule has 0 atom stereocenters. The van der Waals surface area contributed by atoms with Crippen LogP contribution in [0.1, 0.15) is 23.6 Å². The predicted molar refractivity (Wildman–Crippen MR) is 83.5 cm³/mol. The SMILES string of the molecule is CCN(Cc1ccc(C#N)cc1)Cc1ccc2c(c1)OCO2. The summed E-state index contributed by atoms with van der Waals surface area (Å²) in [7, 11) is 0. The number of hydrogen-bond acceptors (Lipinski definition) is 4. The zero-order valence-corrected chi connectivity index (χ0v) is 12.6. The first kappa shape index (κ1) is 14.4. The van der Waals surface area contributed by atoms with Crippen LogP contribution in [0, 0.1) is 11.3 Å². The van der Waals surface area contributed by atoms with Gasteiger partial charge in [-0.25, -0.2) is 0 Å².